The SMILES string of the molecule is CCO[C@@H](Cc1ccc(OCC=Cc2cc(OCC(F)(F)F)cc(OCC(F)(F)F)c2)cc1)C(=O)O. The predicted octanol–water partition coefficient (Wildman–Crippen LogP) is 5.69. The van der Waals surface area contributed by atoms with Crippen LogP contribution >= 0.6 is 0 Å². The second-order valence-electron chi connectivity index (χ2n) is 7.39. The average Bonchev–Trinajstić information content (AvgIpc) is 2.79. The van der Waals surface area contributed by atoms with Gasteiger partial charge in [-0.1, -0.05) is 18.2 Å². The number of ether oxygens (including phenoxy) is 4. The highest BCUT2D eigenvalue weighted by Crippen LogP contribution is 2.27. The van der Waals surface area contributed by atoms with Gasteiger partial charge in [0.2, 0.25) is 0 Å². The van der Waals surface area contributed by atoms with Gasteiger partial charge in [0.1, 0.15) is 23.9 Å². The number of hydrogen-bond donors (Lipinski definition) is 1. The normalized spacial score (nSPS) is 13.0. The van der Waals surface area contributed by atoms with Crippen molar-refractivity contribution in [1.82, 2.24) is 0 Å². The largest absolute Gasteiger partial charge is 0.490 e. The third-order valence-corrected chi connectivity index (χ3v) is 4.35. The van der Waals surface area contributed by atoms with E-state index in [0.717, 1.165) is 11.6 Å². The minimum Gasteiger partial charge on any atom is -0.490 e. The maximum Gasteiger partial charge on any atom is 0.422 e. The summed E-state index contributed by atoms with van der Waals surface area (Å²) in [7, 11) is 0. The van der Waals surface area contributed by atoms with Gasteiger partial charge in [0.25, 0.3) is 0 Å². The molecule has 0 fully saturated rings. The van der Waals surface area contributed by atoms with Gasteiger partial charge in [-0.15, -0.1) is 0 Å². The number of alkyl halides is 6. The van der Waals surface area contributed by atoms with Crippen molar-refractivity contribution in [3.8, 4) is 17.2 Å². The van der Waals surface area contributed by atoms with Crippen LogP contribution in [-0.2, 0) is 16.0 Å². The van der Waals surface area contributed by atoms with Crippen molar-refractivity contribution in [1.29, 1.82) is 0 Å². The molecular weight excluding hydrogens is 498 g/mol. The number of hydrogen-bond acceptors (Lipinski definition) is 5. The standard InChI is InChI=1S/C24H24F6O6/c1-2-33-21(22(31)32)12-16-5-7-18(8-6-16)34-9-3-4-17-10-19(35-14-23(25,26)27)13-20(11-17)36-15-24(28,29)30/h3-8,10-11,13,21H,2,9,12,14-15H2,1H3,(H,31,32)/t21-/m0/s1. The van der Waals surface area contributed by atoms with Gasteiger partial charge >= 0.3 is 18.3 Å². The van der Waals surface area contributed by atoms with Gasteiger partial charge in [-0.2, -0.15) is 26.3 Å². The third-order valence-electron chi connectivity index (χ3n) is 4.35. The van der Waals surface area contributed by atoms with Crippen LogP contribution in [0.15, 0.2) is 48.5 Å². The number of carboxylic acid groups (broad SMARTS) is 1. The van der Waals surface area contributed by atoms with Gasteiger partial charge in [-0.3, -0.25) is 0 Å². The summed E-state index contributed by atoms with van der Waals surface area (Å²) in [4.78, 5) is 11.2. The Balaban J connectivity index is 2.01. The molecule has 198 valence electrons. The Morgan fingerprint density at radius 1 is 0.889 bits per heavy atom. The predicted molar refractivity (Wildman–Crippen MR) is 117 cm³/mol. The molecule has 0 aliphatic heterocycles. The molecule has 0 radical (unpaired) electrons. The molecule has 0 saturated carbocycles. The highest BCUT2D eigenvalue weighted by Gasteiger charge is 2.30. The first-order valence-corrected chi connectivity index (χ1v) is 10.6. The number of carboxylic acids is 1. The van der Waals surface area contributed by atoms with Gasteiger partial charge in [0, 0.05) is 19.1 Å². The van der Waals surface area contributed by atoms with E-state index in [-0.39, 0.29) is 36.7 Å². The van der Waals surface area contributed by atoms with Crippen molar-refractivity contribution >= 4 is 12.0 Å². The lowest BCUT2D eigenvalue weighted by Gasteiger charge is -2.13. The Hall–Kier alpha value is -3.41. The van der Waals surface area contributed by atoms with Crippen molar-refractivity contribution in [2.45, 2.75) is 31.8 Å². The van der Waals surface area contributed by atoms with Crippen molar-refractivity contribution in [3.05, 3.63) is 59.7 Å². The van der Waals surface area contributed by atoms with Crippen LogP contribution in [0.25, 0.3) is 6.08 Å². The second kappa shape index (κ2) is 13.1. The Bertz CT molecular complexity index is 965. The molecule has 0 bridgehead atoms. The van der Waals surface area contributed by atoms with Gasteiger partial charge in [0.15, 0.2) is 19.3 Å². The summed E-state index contributed by atoms with van der Waals surface area (Å²) in [6, 6.07) is 9.99. The van der Waals surface area contributed by atoms with Crippen LogP contribution in [0.4, 0.5) is 26.3 Å². The zero-order valence-corrected chi connectivity index (χ0v) is 19.1. The van der Waals surface area contributed by atoms with E-state index >= 15 is 0 Å². The summed E-state index contributed by atoms with van der Waals surface area (Å²) in [5.41, 5.74) is 0.960. The van der Waals surface area contributed by atoms with E-state index in [1.54, 1.807) is 31.2 Å². The molecule has 0 saturated heterocycles. The molecule has 0 unspecified atom stereocenters. The fourth-order valence-corrected chi connectivity index (χ4v) is 2.87. The molecule has 0 spiro atoms. The smallest absolute Gasteiger partial charge is 0.422 e. The minimum atomic E-state index is -4.63. The molecule has 0 heterocycles. The molecule has 0 aliphatic carbocycles. The van der Waals surface area contributed by atoms with Crippen LogP contribution in [0.5, 0.6) is 17.2 Å². The summed E-state index contributed by atoms with van der Waals surface area (Å²) < 4.78 is 94.6. The van der Waals surface area contributed by atoms with E-state index in [9.17, 15) is 31.1 Å². The van der Waals surface area contributed by atoms with Crippen LogP contribution in [0, 0.1) is 0 Å². The molecule has 36 heavy (non-hydrogen) atoms. The van der Waals surface area contributed by atoms with Crippen molar-refractivity contribution in [3.63, 3.8) is 0 Å². The van der Waals surface area contributed by atoms with Gasteiger partial charge < -0.3 is 24.1 Å². The lowest BCUT2D eigenvalue weighted by molar-refractivity contribution is -0.154. The molecule has 2 rings (SSSR count). The van der Waals surface area contributed by atoms with E-state index in [1.807, 2.05) is 0 Å². The van der Waals surface area contributed by atoms with E-state index in [0.29, 0.717) is 5.75 Å². The number of halogens is 6. The second-order valence-corrected chi connectivity index (χ2v) is 7.39. The van der Waals surface area contributed by atoms with Crippen molar-refractivity contribution in [2.24, 2.45) is 0 Å². The van der Waals surface area contributed by atoms with Gasteiger partial charge in [-0.25, -0.2) is 4.79 Å². The maximum atomic E-state index is 12.4. The topological polar surface area (TPSA) is 74.2 Å². The fourth-order valence-electron chi connectivity index (χ4n) is 2.87. The first kappa shape index (κ1) is 28.8. The summed E-state index contributed by atoms with van der Waals surface area (Å²) >= 11 is 0. The maximum absolute atomic E-state index is 12.4. The molecule has 1 N–H and O–H groups in total. The van der Waals surface area contributed by atoms with E-state index in [4.69, 9.17) is 14.6 Å². The number of aliphatic carboxylic acids is 1. The summed E-state index contributed by atoms with van der Waals surface area (Å²) in [5.74, 6) is -1.23. The molecular formula is C24H24F6O6. The zero-order chi connectivity index (χ0) is 26.8. The van der Waals surface area contributed by atoms with Crippen molar-refractivity contribution < 1.29 is 55.2 Å². The Morgan fingerprint density at radius 2 is 1.44 bits per heavy atom. The van der Waals surface area contributed by atoms with E-state index in [2.05, 4.69) is 9.47 Å². The van der Waals surface area contributed by atoms with Crippen LogP contribution < -0.4 is 14.2 Å². The van der Waals surface area contributed by atoms with Crippen molar-refractivity contribution in [2.75, 3.05) is 26.4 Å². The van der Waals surface area contributed by atoms with Gasteiger partial charge in [-0.05, 0) is 48.4 Å². The zero-order valence-electron chi connectivity index (χ0n) is 19.1. The first-order valence-electron chi connectivity index (χ1n) is 10.6. The summed E-state index contributed by atoms with van der Waals surface area (Å²) in [6.07, 6.45) is -7.12. The molecule has 0 aliphatic rings. The molecule has 1 atom stereocenters. The lowest BCUT2D eigenvalue weighted by Crippen LogP contribution is -2.26. The number of carbonyl (C=O) groups is 1. The van der Waals surface area contributed by atoms with Crippen LogP contribution in [0.2, 0.25) is 0 Å². The molecule has 0 aromatic heterocycles. The fraction of sp³-hybridized carbons (Fsp3) is 0.375. The Labute approximate surface area is 203 Å². The molecule has 12 heteroatoms. The van der Waals surface area contributed by atoms with E-state index in [1.165, 1.54) is 24.3 Å². The monoisotopic (exact) mass is 522 g/mol. The average molecular weight is 522 g/mol. The number of rotatable bonds is 13. The van der Waals surface area contributed by atoms with E-state index < -0.39 is 37.6 Å². The first-order chi connectivity index (χ1) is 16.8. The van der Waals surface area contributed by atoms with Crippen LogP contribution in [0.1, 0.15) is 18.1 Å². The Morgan fingerprint density at radius 3 is 1.92 bits per heavy atom. The number of benzene rings is 2. The quantitative estimate of drug-likeness (QED) is 0.341. The molecule has 2 aromatic rings. The van der Waals surface area contributed by atoms with Crippen LogP contribution in [-0.4, -0.2) is 56.0 Å². The Kier molecular flexibility index (Phi) is 10.5. The van der Waals surface area contributed by atoms with Crippen LogP contribution in [0.3, 0.4) is 0 Å². The molecule has 2 aromatic carbocycles. The summed E-state index contributed by atoms with van der Waals surface area (Å²) in [6.45, 7) is -1.24. The van der Waals surface area contributed by atoms with Gasteiger partial charge in [0.05, 0.1) is 0 Å². The highest BCUT2D eigenvalue weighted by atomic mass is 19.4. The highest BCUT2D eigenvalue weighted by molar-refractivity contribution is 5.72. The molecule has 6 nitrogen and oxygen atoms in total. The summed E-state index contributed by atoms with van der Waals surface area (Å²) in [5, 5.41) is 9.15. The minimum absolute atomic E-state index is 0.0302. The lowest BCUT2D eigenvalue weighted by atomic mass is 10.1. The third kappa shape index (κ3) is 11.3. The molecule has 0 amide bonds.